The fraction of sp³-hybridized carbons (Fsp3) is 0.238. The maximum atomic E-state index is 12.5. The molecule has 7 nitrogen and oxygen atoms in total. The molecule has 0 aliphatic carbocycles. The largest absolute Gasteiger partial charge is 0.454 e. The Morgan fingerprint density at radius 1 is 1.07 bits per heavy atom. The average Bonchev–Trinajstić information content (AvgIpc) is 3.11. The molecule has 144 valence electrons. The smallest absolute Gasteiger partial charge is 0.340 e. The van der Waals surface area contributed by atoms with Gasteiger partial charge >= 0.3 is 5.97 Å². The highest BCUT2D eigenvalue weighted by Gasteiger charge is 2.26. The quantitative estimate of drug-likeness (QED) is 0.614. The molecule has 3 rings (SSSR count). The summed E-state index contributed by atoms with van der Waals surface area (Å²) in [6.07, 6.45) is 1.20. The van der Waals surface area contributed by atoms with Crippen LogP contribution in [0.1, 0.15) is 40.5 Å². The molecule has 1 saturated heterocycles. The number of carbonyl (C=O) groups is 4. The van der Waals surface area contributed by atoms with Gasteiger partial charge in [0.05, 0.1) is 11.3 Å². The summed E-state index contributed by atoms with van der Waals surface area (Å²) in [4.78, 5) is 49.3. The zero-order valence-electron chi connectivity index (χ0n) is 15.4. The van der Waals surface area contributed by atoms with Crippen LogP contribution in [0.3, 0.4) is 0 Å². The van der Waals surface area contributed by atoms with E-state index in [0.29, 0.717) is 29.9 Å². The highest BCUT2D eigenvalue weighted by atomic mass is 16.5. The first-order valence-corrected chi connectivity index (χ1v) is 8.93. The lowest BCUT2D eigenvalue weighted by Gasteiger charge is -2.18. The van der Waals surface area contributed by atoms with Crippen molar-refractivity contribution in [3.63, 3.8) is 0 Å². The molecule has 1 aliphatic rings. The number of Topliss-reactive ketones (excluding diaryl/α,β-unsaturated/α-hetero) is 1. The minimum atomic E-state index is -0.654. The molecule has 2 aromatic carbocycles. The molecular formula is C21H20N2O5. The van der Waals surface area contributed by atoms with Crippen molar-refractivity contribution in [2.45, 2.75) is 19.8 Å². The molecule has 1 N–H and O–H groups in total. The maximum absolute atomic E-state index is 12.5. The first kappa shape index (κ1) is 19.3. The Morgan fingerprint density at radius 3 is 2.43 bits per heavy atom. The van der Waals surface area contributed by atoms with Crippen LogP contribution in [0.4, 0.5) is 11.4 Å². The van der Waals surface area contributed by atoms with Crippen LogP contribution in [0.2, 0.25) is 0 Å². The predicted octanol–water partition coefficient (Wildman–Crippen LogP) is 2.81. The molecule has 2 amide bonds. The monoisotopic (exact) mass is 380 g/mol. The SMILES string of the molecule is CC(=O)Nc1ccc(C(=O)COC(=O)c2ccccc2N2CCCC2=O)cc1. The molecule has 28 heavy (non-hydrogen) atoms. The minimum absolute atomic E-state index is 0.0319. The number of hydrogen-bond donors (Lipinski definition) is 1. The van der Waals surface area contributed by atoms with E-state index in [4.69, 9.17) is 4.74 Å². The fourth-order valence-corrected chi connectivity index (χ4v) is 3.02. The van der Waals surface area contributed by atoms with Gasteiger partial charge in [-0.05, 0) is 42.8 Å². The van der Waals surface area contributed by atoms with E-state index in [-0.39, 0.29) is 23.2 Å². The Hall–Kier alpha value is -3.48. The number of ether oxygens (including phenoxy) is 1. The van der Waals surface area contributed by atoms with E-state index in [9.17, 15) is 19.2 Å². The van der Waals surface area contributed by atoms with E-state index < -0.39 is 12.6 Å². The maximum Gasteiger partial charge on any atom is 0.340 e. The van der Waals surface area contributed by atoms with E-state index in [0.717, 1.165) is 6.42 Å². The van der Waals surface area contributed by atoms with Gasteiger partial charge in [0.1, 0.15) is 0 Å². The molecule has 0 aromatic heterocycles. The number of esters is 1. The zero-order chi connectivity index (χ0) is 20.1. The number of nitrogens with one attached hydrogen (secondary N) is 1. The topological polar surface area (TPSA) is 92.8 Å². The van der Waals surface area contributed by atoms with Gasteiger partial charge in [0.15, 0.2) is 12.4 Å². The second-order valence-electron chi connectivity index (χ2n) is 6.42. The van der Waals surface area contributed by atoms with Gasteiger partial charge in [-0.1, -0.05) is 12.1 Å². The summed E-state index contributed by atoms with van der Waals surface area (Å²) in [6.45, 7) is 1.54. The van der Waals surface area contributed by atoms with Crippen LogP contribution in [0.5, 0.6) is 0 Å². The van der Waals surface area contributed by atoms with Gasteiger partial charge in [-0.15, -0.1) is 0 Å². The molecule has 1 heterocycles. The number of benzene rings is 2. The molecule has 1 aliphatic heterocycles. The third kappa shape index (κ3) is 4.43. The van der Waals surface area contributed by atoms with Crippen LogP contribution in [0.15, 0.2) is 48.5 Å². The summed E-state index contributed by atoms with van der Waals surface area (Å²) in [5.74, 6) is -1.25. The molecule has 7 heteroatoms. The summed E-state index contributed by atoms with van der Waals surface area (Å²) in [7, 11) is 0. The van der Waals surface area contributed by atoms with Crippen molar-refractivity contribution >= 4 is 34.9 Å². The molecule has 2 aromatic rings. The number of amides is 2. The Bertz CT molecular complexity index is 921. The van der Waals surface area contributed by atoms with E-state index in [1.54, 1.807) is 53.4 Å². The Balaban J connectivity index is 1.65. The standard InChI is InChI=1S/C21H20N2O5/c1-14(24)22-16-10-8-15(9-11-16)19(25)13-28-21(27)17-5-2-3-6-18(17)23-12-4-7-20(23)26/h2-3,5-6,8-11H,4,7,12-13H2,1H3,(H,22,24). The number of para-hydroxylation sites is 1. The predicted molar refractivity (Wildman–Crippen MR) is 103 cm³/mol. The number of carbonyl (C=O) groups excluding carboxylic acids is 4. The Labute approximate surface area is 162 Å². The van der Waals surface area contributed by atoms with Gasteiger partial charge in [0.25, 0.3) is 0 Å². The van der Waals surface area contributed by atoms with Crippen molar-refractivity contribution in [2.24, 2.45) is 0 Å². The minimum Gasteiger partial charge on any atom is -0.454 e. The average molecular weight is 380 g/mol. The number of hydrogen-bond acceptors (Lipinski definition) is 5. The van der Waals surface area contributed by atoms with Crippen molar-refractivity contribution in [2.75, 3.05) is 23.4 Å². The summed E-state index contributed by atoms with van der Waals surface area (Å²) < 4.78 is 5.18. The van der Waals surface area contributed by atoms with Crippen molar-refractivity contribution in [3.05, 3.63) is 59.7 Å². The lowest BCUT2D eigenvalue weighted by Crippen LogP contribution is -2.26. The number of nitrogens with zero attached hydrogens (tertiary/aromatic N) is 1. The summed E-state index contributed by atoms with van der Waals surface area (Å²) in [5.41, 5.74) is 1.70. The van der Waals surface area contributed by atoms with Crippen molar-refractivity contribution in [1.29, 1.82) is 0 Å². The fourth-order valence-electron chi connectivity index (χ4n) is 3.02. The zero-order valence-corrected chi connectivity index (χ0v) is 15.4. The summed E-state index contributed by atoms with van der Waals surface area (Å²) in [6, 6.07) is 13.0. The molecule has 1 fully saturated rings. The van der Waals surface area contributed by atoms with Gasteiger partial charge in [-0.25, -0.2) is 4.79 Å². The second kappa shape index (κ2) is 8.47. The Morgan fingerprint density at radius 2 is 1.79 bits per heavy atom. The van der Waals surface area contributed by atoms with E-state index in [1.807, 2.05) is 0 Å². The third-order valence-corrected chi connectivity index (χ3v) is 4.35. The van der Waals surface area contributed by atoms with E-state index >= 15 is 0 Å². The third-order valence-electron chi connectivity index (χ3n) is 4.35. The lowest BCUT2D eigenvalue weighted by atomic mass is 10.1. The molecule has 0 bridgehead atoms. The van der Waals surface area contributed by atoms with Gasteiger partial charge in [-0.2, -0.15) is 0 Å². The number of anilines is 2. The van der Waals surface area contributed by atoms with Gasteiger partial charge in [-0.3, -0.25) is 14.4 Å². The van der Waals surface area contributed by atoms with Crippen LogP contribution in [0, 0.1) is 0 Å². The normalized spacial score (nSPS) is 13.3. The summed E-state index contributed by atoms with van der Waals surface area (Å²) >= 11 is 0. The highest BCUT2D eigenvalue weighted by Crippen LogP contribution is 2.26. The van der Waals surface area contributed by atoms with E-state index in [2.05, 4.69) is 5.32 Å². The summed E-state index contributed by atoms with van der Waals surface area (Å²) in [5, 5.41) is 2.61. The molecular weight excluding hydrogens is 360 g/mol. The number of ketones is 1. The first-order valence-electron chi connectivity index (χ1n) is 8.93. The number of rotatable bonds is 6. The van der Waals surface area contributed by atoms with Gasteiger partial charge in [0.2, 0.25) is 11.8 Å². The van der Waals surface area contributed by atoms with Crippen molar-refractivity contribution in [1.82, 2.24) is 0 Å². The van der Waals surface area contributed by atoms with Crippen LogP contribution < -0.4 is 10.2 Å². The molecule has 0 spiro atoms. The van der Waals surface area contributed by atoms with Gasteiger partial charge in [0, 0.05) is 31.1 Å². The van der Waals surface area contributed by atoms with Crippen LogP contribution in [-0.2, 0) is 14.3 Å². The second-order valence-corrected chi connectivity index (χ2v) is 6.42. The van der Waals surface area contributed by atoms with Crippen LogP contribution in [0.25, 0.3) is 0 Å². The Kier molecular flexibility index (Phi) is 5.84. The molecule has 0 atom stereocenters. The highest BCUT2D eigenvalue weighted by molar-refractivity contribution is 6.05. The van der Waals surface area contributed by atoms with Gasteiger partial charge < -0.3 is 15.0 Å². The van der Waals surface area contributed by atoms with Crippen LogP contribution >= 0.6 is 0 Å². The van der Waals surface area contributed by atoms with Crippen molar-refractivity contribution in [3.8, 4) is 0 Å². The molecule has 0 saturated carbocycles. The molecule has 0 radical (unpaired) electrons. The molecule has 0 unspecified atom stereocenters. The van der Waals surface area contributed by atoms with Crippen molar-refractivity contribution < 1.29 is 23.9 Å². The van der Waals surface area contributed by atoms with Crippen LogP contribution in [-0.4, -0.2) is 36.7 Å². The first-order chi connectivity index (χ1) is 13.5. The lowest BCUT2D eigenvalue weighted by molar-refractivity contribution is -0.117. The van der Waals surface area contributed by atoms with E-state index in [1.165, 1.54) is 6.92 Å².